The van der Waals surface area contributed by atoms with E-state index < -0.39 is 0 Å². The molecule has 1 aromatic carbocycles. The van der Waals surface area contributed by atoms with Crippen LogP contribution in [0.1, 0.15) is 30.5 Å². The Morgan fingerprint density at radius 2 is 1.93 bits per heavy atom. The molecule has 1 aromatic heterocycles. The van der Waals surface area contributed by atoms with Crippen molar-refractivity contribution in [2.24, 2.45) is 5.41 Å². The van der Waals surface area contributed by atoms with Gasteiger partial charge in [-0.2, -0.15) is 0 Å². The third-order valence-corrected chi connectivity index (χ3v) is 6.21. The summed E-state index contributed by atoms with van der Waals surface area (Å²) < 4.78 is 11.0. The lowest BCUT2D eigenvalue weighted by atomic mass is 9.78. The van der Waals surface area contributed by atoms with E-state index in [1.54, 1.807) is 14.2 Å². The van der Waals surface area contributed by atoms with Gasteiger partial charge >= 0.3 is 0 Å². The van der Waals surface area contributed by atoms with Gasteiger partial charge in [-0.3, -0.25) is 14.7 Å². The first-order valence-corrected chi connectivity index (χ1v) is 10.3. The Morgan fingerprint density at radius 1 is 1.03 bits per heavy atom. The summed E-state index contributed by atoms with van der Waals surface area (Å²) in [6, 6.07) is 11.8. The van der Waals surface area contributed by atoms with Gasteiger partial charge in [0.25, 0.3) is 0 Å². The molecule has 1 spiro atoms. The Labute approximate surface area is 172 Å². The molecular formula is C23H29N3O3. The van der Waals surface area contributed by atoms with Crippen molar-refractivity contribution in [2.75, 3.05) is 33.9 Å². The summed E-state index contributed by atoms with van der Waals surface area (Å²) in [5, 5.41) is 0. The van der Waals surface area contributed by atoms with Gasteiger partial charge in [0.1, 0.15) is 0 Å². The van der Waals surface area contributed by atoms with Gasteiger partial charge in [-0.15, -0.1) is 0 Å². The third kappa shape index (κ3) is 3.94. The van der Waals surface area contributed by atoms with Gasteiger partial charge in [-0.25, -0.2) is 0 Å². The average molecular weight is 396 g/mol. The zero-order valence-electron chi connectivity index (χ0n) is 17.3. The van der Waals surface area contributed by atoms with E-state index in [1.165, 1.54) is 0 Å². The van der Waals surface area contributed by atoms with E-state index in [-0.39, 0.29) is 11.3 Å². The van der Waals surface area contributed by atoms with Crippen molar-refractivity contribution in [1.29, 1.82) is 0 Å². The van der Waals surface area contributed by atoms with E-state index in [9.17, 15) is 4.79 Å². The number of carbonyl (C=O) groups is 1. The summed E-state index contributed by atoms with van der Waals surface area (Å²) in [4.78, 5) is 22.3. The number of nitrogens with zero attached hydrogens (tertiary/aromatic N) is 3. The summed E-state index contributed by atoms with van der Waals surface area (Å²) in [6.45, 7) is 3.91. The normalized spacial score (nSPS) is 22.3. The Kier molecular flexibility index (Phi) is 5.72. The molecule has 154 valence electrons. The first kappa shape index (κ1) is 19.7. The quantitative estimate of drug-likeness (QED) is 0.752. The molecule has 0 saturated carbocycles. The minimum absolute atomic E-state index is 0.265. The lowest BCUT2D eigenvalue weighted by molar-refractivity contribution is -0.146. The van der Waals surface area contributed by atoms with Gasteiger partial charge in [0.15, 0.2) is 11.5 Å². The molecule has 2 fully saturated rings. The SMILES string of the molecule is COc1cccc(CN2CCCC3(CCN(Cc4ccccn4)C3)C2=O)c1OC. The standard InChI is InChI=1S/C23H29N3O3/c1-28-20-9-5-7-18(21(20)29-2)15-26-13-6-10-23(22(26)27)11-14-25(17-23)16-19-8-3-4-12-24-19/h3-5,7-9,12H,6,10-11,13-17H2,1-2H3. The lowest BCUT2D eigenvalue weighted by Crippen LogP contribution is -2.49. The minimum Gasteiger partial charge on any atom is -0.493 e. The maximum absolute atomic E-state index is 13.5. The number of para-hydroxylation sites is 1. The van der Waals surface area contributed by atoms with Crippen molar-refractivity contribution in [3.05, 3.63) is 53.9 Å². The third-order valence-electron chi connectivity index (χ3n) is 6.21. The number of amides is 1. The number of hydrogen-bond donors (Lipinski definition) is 0. The molecule has 2 aliphatic heterocycles. The molecule has 0 bridgehead atoms. The average Bonchev–Trinajstić information content (AvgIpc) is 3.15. The van der Waals surface area contributed by atoms with Gasteiger partial charge in [-0.05, 0) is 44.0 Å². The van der Waals surface area contributed by atoms with Crippen LogP contribution in [-0.2, 0) is 17.9 Å². The fraction of sp³-hybridized carbons (Fsp3) is 0.478. The monoisotopic (exact) mass is 395 g/mol. The minimum atomic E-state index is -0.265. The molecule has 0 aliphatic carbocycles. The molecule has 2 saturated heterocycles. The number of ether oxygens (including phenoxy) is 2. The number of hydrogen-bond acceptors (Lipinski definition) is 5. The number of methoxy groups -OCH3 is 2. The van der Waals surface area contributed by atoms with Gasteiger partial charge in [0.05, 0.1) is 25.3 Å². The molecule has 2 aliphatic rings. The van der Waals surface area contributed by atoms with Crippen LogP contribution in [0.15, 0.2) is 42.6 Å². The van der Waals surface area contributed by atoms with Crippen molar-refractivity contribution in [2.45, 2.75) is 32.4 Å². The number of likely N-dealkylation sites (tertiary alicyclic amines) is 2. The van der Waals surface area contributed by atoms with Crippen LogP contribution in [-0.4, -0.2) is 54.5 Å². The molecule has 4 rings (SSSR count). The van der Waals surface area contributed by atoms with E-state index >= 15 is 0 Å². The molecule has 3 heterocycles. The number of carbonyl (C=O) groups excluding carboxylic acids is 1. The topological polar surface area (TPSA) is 54.9 Å². The predicted molar refractivity (Wildman–Crippen MR) is 111 cm³/mol. The van der Waals surface area contributed by atoms with Crippen LogP contribution in [0.5, 0.6) is 11.5 Å². The van der Waals surface area contributed by atoms with Crippen LogP contribution in [0.4, 0.5) is 0 Å². The Hall–Kier alpha value is -2.60. The fourth-order valence-electron chi connectivity index (χ4n) is 4.78. The van der Waals surface area contributed by atoms with E-state index in [0.717, 1.165) is 56.7 Å². The highest BCUT2D eigenvalue weighted by Crippen LogP contribution is 2.41. The van der Waals surface area contributed by atoms with Gasteiger partial charge < -0.3 is 14.4 Å². The summed E-state index contributed by atoms with van der Waals surface area (Å²) in [5.41, 5.74) is 1.78. The van der Waals surface area contributed by atoms with Crippen molar-refractivity contribution in [1.82, 2.24) is 14.8 Å². The van der Waals surface area contributed by atoms with E-state index in [1.807, 2.05) is 41.4 Å². The van der Waals surface area contributed by atoms with Crippen LogP contribution >= 0.6 is 0 Å². The summed E-state index contributed by atoms with van der Waals surface area (Å²) >= 11 is 0. The largest absolute Gasteiger partial charge is 0.493 e. The highest BCUT2D eigenvalue weighted by Gasteiger charge is 2.48. The molecular weight excluding hydrogens is 366 g/mol. The number of piperidine rings is 1. The Bertz CT molecular complexity index is 858. The smallest absolute Gasteiger partial charge is 0.230 e. The fourth-order valence-corrected chi connectivity index (χ4v) is 4.78. The zero-order valence-corrected chi connectivity index (χ0v) is 17.3. The van der Waals surface area contributed by atoms with E-state index in [2.05, 4.69) is 16.0 Å². The molecule has 6 heteroatoms. The first-order chi connectivity index (χ1) is 14.1. The van der Waals surface area contributed by atoms with E-state index in [4.69, 9.17) is 9.47 Å². The second-order valence-electron chi connectivity index (χ2n) is 8.04. The number of pyridine rings is 1. The van der Waals surface area contributed by atoms with Crippen LogP contribution < -0.4 is 9.47 Å². The van der Waals surface area contributed by atoms with Crippen LogP contribution in [0.3, 0.4) is 0 Å². The number of rotatable bonds is 6. The maximum Gasteiger partial charge on any atom is 0.230 e. The Morgan fingerprint density at radius 3 is 2.69 bits per heavy atom. The van der Waals surface area contributed by atoms with Gasteiger partial charge in [0, 0.05) is 37.9 Å². The van der Waals surface area contributed by atoms with Gasteiger partial charge in [0.2, 0.25) is 5.91 Å². The van der Waals surface area contributed by atoms with Crippen LogP contribution in [0, 0.1) is 5.41 Å². The highest BCUT2D eigenvalue weighted by atomic mass is 16.5. The van der Waals surface area contributed by atoms with Crippen molar-refractivity contribution in [3.8, 4) is 11.5 Å². The number of aromatic nitrogens is 1. The second-order valence-corrected chi connectivity index (χ2v) is 8.04. The molecule has 0 N–H and O–H groups in total. The molecule has 6 nitrogen and oxygen atoms in total. The van der Waals surface area contributed by atoms with E-state index in [0.29, 0.717) is 18.0 Å². The first-order valence-electron chi connectivity index (χ1n) is 10.3. The molecule has 1 amide bonds. The van der Waals surface area contributed by atoms with Crippen LogP contribution in [0.25, 0.3) is 0 Å². The predicted octanol–water partition coefficient (Wildman–Crippen LogP) is 3.11. The molecule has 1 atom stereocenters. The van der Waals surface area contributed by atoms with Crippen molar-refractivity contribution < 1.29 is 14.3 Å². The molecule has 2 aromatic rings. The Balaban J connectivity index is 1.47. The van der Waals surface area contributed by atoms with Crippen molar-refractivity contribution in [3.63, 3.8) is 0 Å². The second kappa shape index (κ2) is 8.41. The van der Waals surface area contributed by atoms with Gasteiger partial charge in [-0.1, -0.05) is 18.2 Å². The number of benzene rings is 1. The highest BCUT2D eigenvalue weighted by molar-refractivity contribution is 5.84. The molecule has 1 unspecified atom stereocenters. The zero-order chi connectivity index (χ0) is 20.3. The molecule has 0 radical (unpaired) electrons. The van der Waals surface area contributed by atoms with Crippen molar-refractivity contribution >= 4 is 5.91 Å². The molecule has 29 heavy (non-hydrogen) atoms. The summed E-state index contributed by atoms with van der Waals surface area (Å²) in [6.07, 6.45) is 4.76. The summed E-state index contributed by atoms with van der Waals surface area (Å²) in [7, 11) is 3.28. The maximum atomic E-state index is 13.5. The summed E-state index contributed by atoms with van der Waals surface area (Å²) in [5.74, 6) is 1.69. The van der Waals surface area contributed by atoms with Crippen LogP contribution in [0.2, 0.25) is 0 Å². The lowest BCUT2D eigenvalue weighted by Gasteiger charge is -2.39.